The van der Waals surface area contributed by atoms with Gasteiger partial charge in [-0.2, -0.15) is 0 Å². The van der Waals surface area contributed by atoms with Crippen LogP contribution >= 0.6 is 0 Å². The van der Waals surface area contributed by atoms with Gasteiger partial charge in [0.2, 0.25) is 0 Å². The van der Waals surface area contributed by atoms with Crippen molar-refractivity contribution in [1.29, 1.82) is 0 Å². The van der Waals surface area contributed by atoms with Crippen LogP contribution in [0.25, 0.3) is 0 Å². The van der Waals surface area contributed by atoms with E-state index in [0.717, 1.165) is 5.56 Å². The van der Waals surface area contributed by atoms with Gasteiger partial charge in [-0.05, 0) is 19.4 Å². The lowest BCUT2D eigenvalue weighted by Gasteiger charge is -2.24. The maximum atomic E-state index is 12.2. The highest BCUT2D eigenvalue weighted by molar-refractivity contribution is 6.04. The van der Waals surface area contributed by atoms with E-state index in [4.69, 9.17) is 5.73 Å². The number of carbonyl (C=O) groups excluding carboxylic acids is 2. The zero-order valence-corrected chi connectivity index (χ0v) is 10.5. The van der Waals surface area contributed by atoms with Crippen LogP contribution in [0, 0.1) is 0 Å². The fraction of sp³-hybridized carbons (Fsp3) is 0.385. The summed E-state index contributed by atoms with van der Waals surface area (Å²) in [4.78, 5) is 25.1. The number of urea groups is 1. The summed E-state index contributed by atoms with van der Waals surface area (Å²) < 4.78 is 0. The van der Waals surface area contributed by atoms with Crippen molar-refractivity contribution in [1.82, 2.24) is 10.2 Å². The molecule has 0 aliphatic carbocycles. The van der Waals surface area contributed by atoms with Crippen molar-refractivity contribution < 1.29 is 9.59 Å². The molecule has 1 saturated heterocycles. The van der Waals surface area contributed by atoms with Gasteiger partial charge in [0.25, 0.3) is 5.91 Å². The van der Waals surface area contributed by atoms with Gasteiger partial charge in [-0.25, -0.2) is 4.79 Å². The first-order chi connectivity index (χ1) is 8.38. The number of nitrogens with zero attached hydrogens (tertiary/aromatic N) is 1. The molecular formula is C13H17N3O2. The molecule has 1 atom stereocenters. The maximum Gasteiger partial charge on any atom is 0.325 e. The maximum absolute atomic E-state index is 12.2. The number of benzene rings is 1. The van der Waals surface area contributed by atoms with E-state index >= 15 is 0 Å². The molecule has 1 fully saturated rings. The van der Waals surface area contributed by atoms with E-state index < -0.39 is 11.6 Å². The number of hydrogen-bond acceptors (Lipinski definition) is 3. The lowest BCUT2D eigenvalue weighted by Crippen LogP contribution is -2.47. The lowest BCUT2D eigenvalue weighted by atomic mass is 10.1. The minimum atomic E-state index is -0.599. The highest BCUT2D eigenvalue weighted by atomic mass is 16.2. The summed E-state index contributed by atoms with van der Waals surface area (Å²) >= 11 is 0. The highest BCUT2D eigenvalue weighted by Crippen LogP contribution is 2.22. The van der Waals surface area contributed by atoms with Gasteiger partial charge in [0.05, 0.1) is 0 Å². The standard InChI is InChI=1S/C13H17N3O2/c1-13(2,14)8-16-11(17)10(15-12(16)18)9-6-4-3-5-7-9/h3-7,10H,8,14H2,1-2H3,(H,15,18). The Hall–Kier alpha value is -1.88. The molecule has 3 amide bonds. The van der Waals surface area contributed by atoms with Crippen molar-refractivity contribution in [3.05, 3.63) is 35.9 Å². The van der Waals surface area contributed by atoms with Crippen molar-refractivity contribution in [3.8, 4) is 0 Å². The largest absolute Gasteiger partial charge is 0.325 e. The first-order valence-corrected chi connectivity index (χ1v) is 5.84. The first kappa shape index (κ1) is 12.6. The second kappa shape index (κ2) is 4.42. The third-order valence-corrected chi connectivity index (χ3v) is 2.72. The Morgan fingerprint density at radius 1 is 1.28 bits per heavy atom. The summed E-state index contributed by atoms with van der Waals surface area (Å²) in [5.41, 5.74) is 6.04. The van der Waals surface area contributed by atoms with Gasteiger partial charge in [0.1, 0.15) is 6.04 Å². The zero-order chi connectivity index (χ0) is 13.3. The van der Waals surface area contributed by atoms with E-state index in [1.807, 2.05) is 30.3 Å². The number of carbonyl (C=O) groups is 2. The summed E-state index contributed by atoms with van der Waals surface area (Å²) in [6.45, 7) is 3.77. The summed E-state index contributed by atoms with van der Waals surface area (Å²) in [6.07, 6.45) is 0. The van der Waals surface area contributed by atoms with Crippen LogP contribution in [0.1, 0.15) is 25.5 Å². The van der Waals surface area contributed by atoms with Crippen molar-refractivity contribution >= 4 is 11.9 Å². The van der Waals surface area contributed by atoms with Gasteiger partial charge in [0.15, 0.2) is 0 Å². The average molecular weight is 247 g/mol. The van der Waals surface area contributed by atoms with Crippen LogP contribution in [-0.2, 0) is 4.79 Å². The van der Waals surface area contributed by atoms with Crippen LogP contribution in [0.3, 0.4) is 0 Å². The van der Waals surface area contributed by atoms with Crippen LogP contribution in [0.2, 0.25) is 0 Å². The van der Waals surface area contributed by atoms with Gasteiger partial charge in [-0.15, -0.1) is 0 Å². The molecule has 1 aliphatic rings. The van der Waals surface area contributed by atoms with Gasteiger partial charge in [-0.3, -0.25) is 9.69 Å². The number of hydrogen-bond donors (Lipinski definition) is 2. The number of imide groups is 1. The Morgan fingerprint density at radius 2 is 1.89 bits per heavy atom. The van der Waals surface area contributed by atoms with Crippen molar-refractivity contribution in [3.63, 3.8) is 0 Å². The third kappa shape index (κ3) is 2.51. The van der Waals surface area contributed by atoms with E-state index in [-0.39, 0.29) is 18.5 Å². The molecule has 0 saturated carbocycles. The minimum Gasteiger partial charge on any atom is -0.324 e. The molecule has 0 spiro atoms. The molecule has 1 aliphatic heterocycles. The van der Waals surface area contributed by atoms with E-state index in [2.05, 4.69) is 5.32 Å². The summed E-state index contributed by atoms with van der Waals surface area (Å²) in [6, 6.07) is 8.20. The molecule has 18 heavy (non-hydrogen) atoms. The van der Waals surface area contributed by atoms with Crippen molar-refractivity contribution in [2.24, 2.45) is 5.73 Å². The van der Waals surface area contributed by atoms with Crippen LogP contribution in [0.15, 0.2) is 30.3 Å². The van der Waals surface area contributed by atoms with Crippen LogP contribution < -0.4 is 11.1 Å². The fourth-order valence-corrected chi connectivity index (χ4v) is 1.95. The zero-order valence-electron chi connectivity index (χ0n) is 10.5. The van der Waals surface area contributed by atoms with Gasteiger partial charge in [0, 0.05) is 12.1 Å². The Kier molecular flexibility index (Phi) is 3.09. The molecular weight excluding hydrogens is 230 g/mol. The molecule has 0 bridgehead atoms. The quantitative estimate of drug-likeness (QED) is 0.783. The molecule has 2 rings (SSSR count). The molecule has 1 heterocycles. The molecule has 1 unspecified atom stereocenters. The van der Waals surface area contributed by atoms with Gasteiger partial charge in [-0.1, -0.05) is 30.3 Å². The normalized spacial score (nSPS) is 20.2. The topological polar surface area (TPSA) is 75.4 Å². The smallest absolute Gasteiger partial charge is 0.324 e. The monoisotopic (exact) mass is 247 g/mol. The Labute approximate surface area is 106 Å². The molecule has 1 aromatic rings. The number of rotatable bonds is 3. The highest BCUT2D eigenvalue weighted by Gasteiger charge is 2.40. The lowest BCUT2D eigenvalue weighted by molar-refractivity contribution is -0.128. The molecule has 5 nitrogen and oxygen atoms in total. The van der Waals surface area contributed by atoms with Gasteiger partial charge < -0.3 is 11.1 Å². The Bertz CT molecular complexity index is 465. The fourth-order valence-electron chi connectivity index (χ4n) is 1.95. The van der Waals surface area contributed by atoms with Crippen LogP contribution in [0.5, 0.6) is 0 Å². The number of nitrogens with one attached hydrogen (secondary N) is 1. The van der Waals surface area contributed by atoms with E-state index in [1.54, 1.807) is 13.8 Å². The first-order valence-electron chi connectivity index (χ1n) is 5.84. The SMILES string of the molecule is CC(C)(N)CN1C(=O)NC(c2ccccc2)C1=O. The number of amides is 3. The second-order valence-corrected chi connectivity index (χ2v) is 5.21. The average Bonchev–Trinajstić information content (AvgIpc) is 2.56. The molecule has 5 heteroatoms. The van der Waals surface area contributed by atoms with Crippen LogP contribution in [-0.4, -0.2) is 28.9 Å². The molecule has 0 aromatic heterocycles. The molecule has 0 radical (unpaired) electrons. The van der Waals surface area contributed by atoms with E-state index in [0.29, 0.717) is 0 Å². The summed E-state index contributed by atoms with van der Waals surface area (Å²) in [7, 11) is 0. The Morgan fingerprint density at radius 3 is 2.44 bits per heavy atom. The van der Waals surface area contributed by atoms with E-state index in [1.165, 1.54) is 4.90 Å². The predicted octanol–water partition coefficient (Wildman–Crippen LogP) is 1.02. The summed E-state index contributed by atoms with van der Waals surface area (Å²) in [5.74, 6) is -0.246. The predicted molar refractivity (Wildman–Crippen MR) is 67.7 cm³/mol. The molecule has 96 valence electrons. The van der Waals surface area contributed by atoms with Crippen molar-refractivity contribution in [2.45, 2.75) is 25.4 Å². The third-order valence-electron chi connectivity index (χ3n) is 2.72. The van der Waals surface area contributed by atoms with Crippen molar-refractivity contribution in [2.75, 3.05) is 6.54 Å². The second-order valence-electron chi connectivity index (χ2n) is 5.21. The molecule has 3 N–H and O–H groups in total. The van der Waals surface area contributed by atoms with Gasteiger partial charge >= 0.3 is 6.03 Å². The molecule has 1 aromatic carbocycles. The van der Waals surface area contributed by atoms with Crippen LogP contribution in [0.4, 0.5) is 4.79 Å². The Balaban J connectivity index is 2.20. The minimum absolute atomic E-state index is 0.209. The summed E-state index contributed by atoms with van der Waals surface area (Å²) in [5, 5.41) is 2.67. The van der Waals surface area contributed by atoms with E-state index in [9.17, 15) is 9.59 Å². The number of nitrogens with two attached hydrogens (primary N) is 1.